The van der Waals surface area contributed by atoms with Gasteiger partial charge in [0.25, 0.3) is 5.88 Å². The topological polar surface area (TPSA) is 87.3 Å². The number of rotatable bonds is 4. The third-order valence-corrected chi connectivity index (χ3v) is 2.19. The van der Waals surface area contributed by atoms with E-state index in [0.29, 0.717) is 30.5 Å². The molecule has 6 heteroatoms. The summed E-state index contributed by atoms with van der Waals surface area (Å²) in [5, 5.41) is 3.78. The van der Waals surface area contributed by atoms with Crippen LogP contribution in [0.3, 0.4) is 0 Å². The van der Waals surface area contributed by atoms with E-state index in [1.165, 1.54) is 13.4 Å². The Labute approximate surface area is 92.4 Å². The van der Waals surface area contributed by atoms with Crippen molar-refractivity contribution in [3.63, 3.8) is 0 Å². The summed E-state index contributed by atoms with van der Waals surface area (Å²) in [6, 6.07) is 0. The van der Waals surface area contributed by atoms with Crippen molar-refractivity contribution in [3.05, 3.63) is 17.8 Å². The average Bonchev–Trinajstić information content (AvgIpc) is 2.84. The monoisotopic (exact) mass is 223 g/mol. The predicted octanol–water partition coefficient (Wildman–Crippen LogP) is 1.15. The van der Waals surface area contributed by atoms with Crippen molar-refractivity contribution in [2.75, 3.05) is 13.7 Å². The van der Waals surface area contributed by atoms with Crippen molar-refractivity contribution in [2.45, 2.75) is 13.3 Å². The van der Waals surface area contributed by atoms with Gasteiger partial charge in [-0.15, -0.1) is 0 Å². The molecule has 2 heterocycles. The van der Waals surface area contributed by atoms with Gasteiger partial charge in [-0.25, -0.2) is 0 Å². The van der Waals surface area contributed by atoms with Crippen LogP contribution in [-0.2, 0) is 6.42 Å². The van der Waals surface area contributed by atoms with Gasteiger partial charge >= 0.3 is 0 Å². The molecule has 0 saturated carbocycles. The van der Waals surface area contributed by atoms with Crippen molar-refractivity contribution in [2.24, 2.45) is 5.73 Å². The van der Waals surface area contributed by atoms with E-state index in [0.717, 1.165) is 11.3 Å². The molecular weight excluding hydrogens is 210 g/mol. The first kappa shape index (κ1) is 10.7. The Kier molecular flexibility index (Phi) is 2.91. The van der Waals surface area contributed by atoms with Crippen molar-refractivity contribution >= 4 is 0 Å². The molecule has 2 aromatic heterocycles. The van der Waals surface area contributed by atoms with Crippen LogP contribution in [0.5, 0.6) is 5.88 Å². The lowest BCUT2D eigenvalue weighted by molar-refractivity contribution is 0.398. The fourth-order valence-electron chi connectivity index (χ4n) is 1.40. The van der Waals surface area contributed by atoms with Gasteiger partial charge in [-0.1, -0.05) is 5.16 Å². The molecule has 0 radical (unpaired) electrons. The standard InChI is InChI=1S/C10H13N3O3/c1-6-7(5-15-13-6)9-10(14-2)12-8(16-9)3-4-11/h5H,3-4,11H2,1-2H3. The van der Waals surface area contributed by atoms with E-state index in [1.54, 1.807) is 0 Å². The van der Waals surface area contributed by atoms with Crippen LogP contribution in [0.2, 0.25) is 0 Å². The first-order valence-corrected chi connectivity index (χ1v) is 4.91. The van der Waals surface area contributed by atoms with E-state index in [4.69, 9.17) is 19.4 Å². The molecule has 6 nitrogen and oxygen atoms in total. The second-order valence-electron chi connectivity index (χ2n) is 3.30. The lowest BCUT2D eigenvalue weighted by Gasteiger charge is -1.95. The van der Waals surface area contributed by atoms with Gasteiger partial charge in [0.2, 0.25) is 5.76 Å². The van der Waals surface area contributed by atoms with Gasteiger partial charge in [-0.3, -0.25) is 0 Å². The van der Waals surface area contributed by atoms with Crippen molar-refractivity contribution in [1.29, 1.82) is 0 Å². The van der Waals surface area contributed by atoms with Crippen LogP contribution >= 0.6 is 0 Å². The molecule has 0 saturated heterocycles. The van der Waals surface area contributed by atoms with E-state index in [2.05, 4.69) is 10.1 Å². The highest BCUT2D eigenvalue weighted by Gasteiger charge is 2.19. The molecule has 2 aromatic rings. The van der Waals surface area contributed by atoms with Crippen molar-refractivity contribution < 1.29 is 13.7 Å². The maximum Gasteiger partial charge on any atom is 0.261 e. The van der Waals surface area contributed by atoms with Gasteiger partial charge in [0, 0.05) is 13.0 Å². The largest absolute Gasteiger partial charge is 0.478 e. The lowest BCUT2D eigenvalue weighted by Crippen LogP contribution is -2.02. The van der Waals surface area contributed by atoms with E-state index in [9.17, 15) is 0 Å². The van der Waals surface area contributed by atoms with E-state index < -0.39 is 0 Å². The molecule has 0 unspecified atom stereocenters. The van der Waals surface area contributed by atoms with Crippen LogP contribution in [0, 0.1) is 6.92 Å². The number of ether oxygens (including phenoxy) is 1. The van der Waals surface area contributed by atoms with Crippen LogP contribution in [0.1, 0.15) is 11.6 Å². The SMILES string of the molecule is COc1nc(CCN)oc1-c1conc1C. The molecule has 0 aliphatic heterocycles. The highest BCUT2D eigenvalue weighted by atomic mass is 16.5. The number of nitrogens with two attached hydrogens (primary N) is 1. The van der Waals surface area contributed by atoms with Crippen LogP contribution in [0.15, 0.2) is 15.2 Å². The van der Waals surface area contributed by atoms with Crippen molar-refractivity contribution in [1.82, 2.24) is 10.1 Å². The Morgan fingerprint density at radius 3 is 2.88 bits per heavy atom. The Hall–Kier alpha value is -1.82. The number of hydrogen-bond acceptors (Lipinski definition) is 6. The van der Waals surface area contributed by atoms with Crippen LogP contribution < -0.4 is 10.5 Å². The maximum absolute atomic E-state index is 5.56. The molecule has 0 amide bonds. The summed E-state index contributed by atoms with van der Waals surface area (Å²) in [5.74, 6) is 1.51. The Morgan fingerprint density at radius 1 is 1.50 bits per heavy atom. The number of aryl methyl sites for hydroxylation is 1. The quantitative estimate of drug-likeness (QED) is 0.836. The van der Waals surface area contributed by atoms with Crippen LogP contribution in [0.4, 0.5) is 0 Å². The molecule has 0 spiro atoms. The Morgan fingerprint density at radius 2 is 2.31 bits per heavy atom. The zero-order chi connectivity index (χ0) is 11.5. The molecule has 0 aliphatic rings. The van der Waals surface area contributed by atoms with Gasteiger partial charge in [0.05, 0.1) is 18.4 Å². The number of hydrogen-bond donors (Lipinski definition) is 1. The molecule has 16 heavy (non-hydrogen) atoms. The van der Waals surface area contributed by atoms with Gasteiger partial charge < -0.3 is 19.4 Å². The third-order valence-electron chi connectivity index (χ3n) is 2.19. The summed E-state index contributed by atoms with van der Waals surface area (Å²) in [4.78, 5) is 4.18. The van der Waals surface area contributed by atoms with Crippen LogP contribution in [-0.4, -0.2) is 23.8 Å². The first-order chi connectivity index (χ1) is 7.76. The molecule has 2 rings (SSSR count). The summed E-state index contributed by atoms with van der Waals surface area (Å²) < 4.78 is 15.5. The summed E-state index contributed by atoms with van der Waals surface area (Å²) in [7, 11) is 1.54. The number of nitrogens with zero attached hydrogens (tertiary/aromatic N) is 2. The molecule has 0 atom stereocenters. The molecule has 0 aromatic carbocycles. The molecule has 0 bridgehead atoms. The Bertz CT molecular complexity index is 475. The smallest absolute Gasteiger partial charge is 0.261 e. The minimum absolute atomic E-state index is 0.426. The molecular formula is C10H13N3O3. The van der Waals surface area contributed by atoms with E-state index in [1.807, 2.05) is 6.92 Å². The third kappa shape index (κ3) is 1.79. The molecule has 0 fully saturated rings. The number of methoxy groups -OCH3 is 1. The van der Waals surface area contributed by atoms with Crippen molar-refractivity contribution in [3.8, 4) is 17.2 Å². The normalized spacial score (nSPS) is 10.7. The van der Waals surface area contributed by atoms with Gasteiger partial charge in [-0.2, -0.15) is 4.98 Å². The second kappa shape index (κ2) is 4.36. The molecule has 2 N–H and O–H groups in total. The van der Waals surface area contributed by atoms with Crippen LogP contribution in [0.25, 0.3) is 11.3 Å². The molecule has 86 valence electrons. The van der Waals surface area contributed by atoms with Gasteiger partial charge in [-0.05, 0) is 6.92 Å². The first-order valence-electron chi connectivity index (χ1n) is 4.91. The molecule has 0 aliphatic carbocycles. The predicted molar refractivity (Wildman–Crippen MR) is 56.0 cm³/mol. The minimum atomic E-state index is 0.426. The van der Waals surface area contributed by atoms with Gasteiger partial charge in [0.15, 0.2) is 5.89 Å². The zero-order valence-electron chi connectivity index (χ0n) is 9.19. The summed E-state index contributed by atoms with van der Waals surface area (Å²) in [5.41, 5.74) is 6.91. The highest BCUT2D eigenvalue weighted by molar-refractivity contribution is 5.63. The fraction of sp³-hybridized carbons (Fsp3) is 0.400. The maximum atomic E-state index is 5.56. The minimum Gasteiger partial charge on any atom is -0.478 e. The summed E-state index contributed by atoms with van der Waals surface area (Å²) in [6.45, 7) is 2.30. The van der Waals surface area contributed by atoms with Gasteiger partial charge in [0.1, 0.15) is 6.26 Å². The fourth-order valence-corrected chi connectivity index (χ4v) is 1.40. The lowest BCUT2D eigenvalue weighted by atomic mass is 10.2. The second-order valence-corrected chi connectivity index (χ2v) is 3.30. The summed E-state index contributed by atoms with van der Waals surface area (Å²) >= 11 is 0. The zero-order valence-corrected chi connectivity index (χ0v) is 9.19. The average molecular weight is 223 g/mol. The number of aromatic nitrogens is 2. The number of oxazole rings is 1. The summed E-state index contributed by atoms with van der Waals surface area (Å²) in [6.07, 6.45) is 2.07. The Balaban J connectivity index is 2.43. The van der Waals surface area contributed by atoms with E-state index in [-0.39, 0.29) is 0 Å². The van der Waals surface area contributed by atoms with E-state index >= 15 is 0 Å². The highest BCUT2D eigenvalue weighted by Crippen LogP contribution is 2.32.